The Morgan fingerprint density at radius 1 is 1.37 bits per heavy atom. The van der Waals surface area contributed by atoms with Crippen molar-refractivity contribution in [2.24, 2.45) is 0 Å². The van der Waals surface area contributed by atoms with E-state index in [0.29, 0.717) is 13.0 Å². The second-order valence-corrected chi connectivity index (χ2v) is 4.29. The van der Waals surface area contributed by atoms with E-state index in [1.165, 1.54) is 24.1 Å². The molecule has 5 heteroatoms. The van der Waals surface area contributed by atoms with Crippen LogP contribution >= 0.6 is 0 Å². The minimum Gasteiger partial charge on any atom is -0.468 e. The number of halogens is 1. The molecule has 0 radical (unpaired) electrons. The Balaban J connectivity index is 2.98. The lowest BCUT2D eigenvalue weighted by Crippen LogP contribution is -2.37. The molecule has 0 unspecified atom stereocenters. The van der Waals surface area contributed by atoms with E-state index in [9.17, 15) is 14.0 Å². The molecule has 0 saturated heterocycles. The SMILES string of the molecule is CCCN(CC(=O)OC)C(=O)c1cc(C)ccc1F. The van der Waals surface area contributed by atoms with Gasteiger partial charge in [0.1, 0.15) is 12.4 Å². The van der Waals surface area contributed by atoms with E-state index in [0.717, 1.165) is 5.56 Å². The van der Waals surface area contributed by atoms with Crippen molar-refractivity contribution in [2.45, 2.75) is 20.3 Å². The summed E-state index contributed by atoms with van der Waals surface area (Å²) in [7, 11) is 1.25. The highest BCUT2D eigenvalue weighted by Crippen LogP contribution is 2.13. The molecular weight excluding hydrogens is 249 g/mol. The monoisotopic (exact) mass is 267 g/mol. The number of aryl methyl sites for hydroxylation is 1. The Morgan fingerprint density at radius 2 is 2.05 bits per heavy atom. The van der Waals surface area contributed by atoms with Crippen LogP contribution < -0.4 is 0 Å². The van der Waals surface area contributed by atoms with E-state index < -0.39 is 17.7 Å². The fraction of sp³-hybridized carbons (Fsp3) is 0.429. The van der Waals surface area contributed by atoms with Crippen LogP contribution in [0.2, 0.25) is 0 Å². The molecular formula is C14H18FNO3. The molecule has 0 heterocycles. The zero-order valence-electron chi connectivity index (χ0n) is 11.4. The van der Waals surface area contributed by atoms with Gasteiger partial charge in [-0.25, -0.2) is 4.39 Å². The Bertz CT molecular complexity index is 474. The first-order valence-corrected chi connectivity index (χ1v) is 6.11. The molecule has 0 bridgehead atoms. The number of amides is 1. The van der Waals surface area contributed by atoms with Gasteiger partial charge < -0.3 is 9.64 Å². The molecule has 104 valence electrons. The summed E-state index contributed by atoms with van der Waals surface area (Å²) in [5.41, 5.74) is 0.775. The highest BCUT2D eigenvalue weighted by atomic mass is 19.1. The van der Waals surface area contributed by atoms with Gasteiger partial charge in [-0.05, 0) is 25.5 Å². The first-order valence-electron chi connectivity index (χ1n) is 6.11. The summed E-state index contributed by atoms with van der Waals surface area (Å²) in [6.45, 7) is 3.86. The van der Waals surface area contributed by atoms with Gasteiger partial charge in [-0.2, -0.15) is 0 Å². The molecule has 0 aromatic heterocycles. The summed E-state index contributed by atoms with van der Waals surface area (Å²) in [6.07, 6.45) is 0.677. The summed E-state index contributed by atoms with van der Waals surface area (Å²) < 4.78 is 18.2. The average Bonchev–Trinajstić information content (AvgIpc) is 2.40. The molecule has 4 nitrogen and oxygen atoms in total. The fourth-order valence-corrected chi connectivity index (χ4v) is 1.72. The smallest absolute Gasteiger partial charge is 0.325 e. The summed E-state index contributed by atoms with van der Waals surface area (Å²) in [4.78, 5) is 24.8. The summed E-state index contributed by atoms with van der Waals surface area (Å²) in [6, 6.07) is 4.33. The molecule has 0 aliphatic carbocycles. The van der Waals surface area contributed by atoms with Crippen molar-refractivity contribution in [1.29, 1.82) is 0 Å². The van der Waals surface area contributed by atoms with E-state index >= 15 is 0 Å². The van der Waals surface area contributed by atoms with Crippen molar-refractivity contribution in [3.63, 3.8) is 0 Å². The number of esters is 1. The van der Waals surface area contributed by atoms with E-state index in [-0.39, 0.29) is 12.1 Å². The van der Waals surface area contributed by atoms with Crippen molar-refractivity contribution >= 4 is 11.9 Å². The molecule has 1 rings (SSSR count). The number of methoxy groups -OCH3 is 1. The van der Waals surface area contributed by atoms with Gasteiger partial charge in [-0.1, -0.05) is 18.6 Å². The molecule has 1 aromatic rings. The first-order chi connectivity index (χ1) is 8.99. The number of ether oxygens (including phenoxy) is 1. The molecule has 0 aliphatic rings. The Kier molecular flexibility index (Phi) is 5.48. The lowest BCUT2D eigenvalue weighted by Gasteiger charge is -2.21. The van der Waals surface area contributed by atoms with Crippen LogP contribution in [0, 0.1) is 12.7 Å². The number of benzene rings is 1. The van der Waals surface area contributed by atoms with Crippen LogP contribution in [0.1, 0.15) is 29.3 Å². The van der Waals surface area contributed by atoms with Gasteiger partial charge in [0.05, 0.1) is 12.7 Å². The zero-order valence-corrected chi connectivity index (χ0v) is 11.4. The predicted molar refractivity (Wildman–Crippen MR) is 69.3 cm³/mol. The minimum absolute atomic E-state index is 0.0163. The normalized spacial score (nSPS) is 10.1. The van der Waals surface area contributed by atoms with Crippen LogP contribution in [0.25, 0.3) is 0 Å². The van der Waals surface area contributed by atoms with Crippen LogP contribution in [0.15, 0.2) is 18.2 Å². The second-order valence-electron chi connectivity index (χ2n) is 4.29. The van der Waals surface area contributed by atoms with Crippen LogP contribution in [0.5, 0.6) is 0 Å². The Hall–Kier alpha value is -1.91. The van der Waals surface area contributed by atoms with E-state index in [4.69, 9.17) is 0 Å². The van der Waals surface area contributed by atoms with Crippen LogP contribution in [-0.2, 0) is 9.53 Å². The predicted octanol–water partition coefficient (Wildman–Crippen LogP) is 2.16. The lowest BCUT2D eigenvalue weighted by molar-refractivity contribution is -0.141. The van der Waals surface area contributed by atoms with Gasteiger partial charge in [0.2, 0.25) is 0 Å². The number of rotatable bonds is 5. The quantitative estimate of drug-likeness (QED) is 0.768. The van der Waals surface area contributed by atoms with Crippen molar-refractivity contribution in [2.75, 3.05) is 20.2 Å². The lowest BCUT2D eigenvalue weighted by atomic mass is 10.1. The first kappa shape index (κ1) is 15.1. The molecule has 0 spiro atoms. The van der Waals surface area contributed by atoms with E-state index in [2.05, 4.69) is 4.74 Å². The largest absolute Gasteiger partial charge is 0.468 e. The maximum atomic E-state index is 13.7. The molecule has 0 fully saturated rings. The fourth-order valence-electron chi connectivity index (χ4n) is 1.72. The molecule has 1 amide bonds. The Morgan fingerprint density at radius 3 is 2.63 bits per heavy atom. The van der Waals surface area contributed by atoms with Crippen molar-refractivity contribution < 1.29 is 18.7 Å². The molecule has 0 atom stereocenters. The third kappa shape index (κ3) is 4.05. The number of nitrogens with zero attached hydrogens (tertiary/aromatic N) is 1. The van der Waals surface area contributed by atoms with Crippen LogP contribution in [-0.4, -0.2) is 37.0 Å². The molecule has 0 N–H and O–H groups in total. The van der Waals surface area contributed by atoms with Crippen molar-refractivity contribution in [1.82, 2.24) is 4.90 Å². The van der Waals surface area contributed by atoms with Crippen LogP contribution in [0.4, 0.5) is 4.39 Å². The Labute approximate surface area is 112 Å². The van der Waals surface area contributed by atoms with E-state index in [1.807, 2.05) is 6.92 Å². The number of hydrogen-bond donors (Lipinski definition) is 0. The summed E-state index contributed by atoms with van der Waals surface area (Å²) in [5.74, 6) is -1.59. The molecule has 19 heavy (non-hydrogen) atoms. The topological polar surface area (TPSA) is 46.6 Å². The second kappa shape index (κ2) is 6.87. The third-order valence-electron chi connectivity index (χ3n) is 2.68. The van der Waals surface area contributed by atoms with Gasteiger partial charge in [0.15, 0.2) is 0 Å². The summed E-state index contributed by atoms with van der Waals surface area (Å²) in [5, 5.41) is 0. The standard InChI is InChI=1S/C14H18FNO3/c1-4-7-16(9-13(17)19-3)14(18)11-8-10(2)5-6-12(11)15/h5-6,8H,4,7,9H2,1-3H3. The average molecular weight is 267 g/mol. The van der Waals surface area contributed by atoms with Crippen molar-refractivity contribution in [3.8, 4) is 0 Å². The maximum absolute atomic E-state index is 13.7. The van der Waals surface area contributed by atoms with Gasteiger partial charge >= 0.3 is 5.97 Å². The number of carbonyl (C=O) groups excluding carboxylic acids is 2. The number of hydrogen-bond acceptors (Lipinski definition) is 3. The third-order valence-corrected chi connectivity index (χ3v) is 2.68. The molecule has 1 aromatic carbocycles. The van der Waals surface area contributed by atoms with Gasteiger partial charge in [0.25, 0.3) is 5.91 Å². The van der Waals surface area contributed by atoms with E-state index in [1.54, 1.807) is 13.0 Å². The number of carbonyl (C=O) groups is 2. The molecule has 0 saturated carbocycles. The van der Waals surface area contributed by atoms with Crippen LogP contribution in [0.3, 0.4) is 0 Å². The highest BCUT2D eigenvalue weighted by Gasteiger charge is 2.21. The highest BCUT2D eigenvalue weighted by molar-refractivity contribution is 5.96. The minimum atomic E-state index is -0.582. The van der Waals surface area contributed by atoms with Gasteiger partial charge in [-0.15, -0.1) is 0 Å². The summed E-state index contributed by atoms with van der Waals surface area (Å²) >= 11 is 0. The zero-order chi connectivity index (χ0) is 14.4. The molecule has 0 aliphatic heterocycles. The van der Waals surface area contributed by atoms with Gasteiger partial charge in [0, 0.05) is 6.54 Å². The van der Waals surface area contributed by atoms with Crippen molar-refractivity contribution in [3.05, 3.63) is 35.1 Å². The van der Waals surface area contributed by atoms with Gasteiger partial charge in [-0.3, -0.25) is 9.59 Å². The maximum Gasteiger partial charge on any atom is 0.325 e.